The SMILES string of the molecule is O=C(c1cc(-c2cccs2)[nH]n1)N1CCCCC1C(F)(F)F. The van der Waals surface area contributed by atoms with Crippen LogP contribution in [0, 0.1) is 0 Å². The van der Waals surface area contributed by atoms with E-state index in [0.29, 0.717) is 18.5 Å². The van der Waals surface area contributed by atoms with Gasteiger partial charge in [-0.1, -0.05) is 6.07 Å². The van der Waals surface area contributed by atoms with Gasteiger partial charge < -0.3 is 4.90 Å². The van der Waals surface area contributed by atoms with Crippen LogP contribution in [0.1, 0.15) is 29.8 Å². The van der Waals surface area contributed by atoms with Crippen molar-refractivity contribution in [2.75, 3.05) is 6.54 Å². The second-order valence-corrected chi connectivity index (χ2v) is 6.14. The summed E-state index contributed by atoms with van der Waals surface area (Å²) in [4.78, 5) is 14.2. The van der Waals surface area contributed by atoms with Gasteiger partial charge in [-0.3, -0.25) is 9.89 Å². The van der Waals surface area contributed by atoms with Crippen molar-refractivity contribution < 1.29 is 18.0 Å². The second kappa shape index (κ2) is 5.75. The summed E-state index contributed by atoms with van der Waals surface area (Å²) in [6.07, 6.45) is -3.38. The van der Waals surface area contributed by atoms with Crippen LogP contribution in [0.5, 0.6) is 0 Å². The summed E-state index contributed by atoms with van der Waals surface area (Å²) in [5, 5.41) is 8.48. The molecule has 1 aliphatic rings. The molecule has 1 saturated heterocycles. The average molecular weight is 329 g/mol. The molecule has 3 heterocycles. The number of halogens is 3. The van der Waals surface area contributed by atoms with Crippen LogP contribution in [0.15, 0.2) is 23.6 Å². The molecule has 1 fully saturated rings. The van der Waals surface area contributed by atoms with Gasteiger partial charge in [0.15, 0.2) is 5.69 Å². The van der Waals surface area contributed by atoms with Crippen LogP contribution in [-0.2, 0) is 0 Å². The van der Waals surface area contributed by atoms with E-state index in [0.717, 1.165) is 9.78 Å². The normalized spacial score (nSPS) is 19.4. The maximum atomic E-state index is 13.1. The van der Waals surface area contributed by atoms with E-state index in [9.17, 15) is 18.0 Å². The summed E-state index contributed by atoms with van der Waals surface area (Å²) in [5.41, 5.74) is 0.665. The molecular formula is C14H14F3N3OS. The summed E-state index contributed by atoms with van der Waals surface area (Å²) >= 11 is 1.47. The third-order valence-electron chi connectivity index (χ3n) is 3.73. The molecule has 3 rings (SSSR count). The number of nitrogens with zero attached hydrogens (tertiary/aromatic N) is 2. The first-order chi connectivity index (χ1) is 10.5. The molecule has 118 valence electrons. The fourth-order valence-corrected chi connectivity index (χ4v) is 3.34. The molecule has 2 aromatic heterocycles. The number of hydrogen-bond acceptors (Lipinski definition) is 3. The highest BCUT2D eigenvalue weighted by Crippen LogP contribution is 2.33. The molecule has 0 saturated carbocycles. The van der Waals surface area contributed by atoms with Crippen molar-refractivity contribution in [3.8, 4) is 10.6 Å². The van der Waals surface area contributed by atoms with Crippen molar-refractivity contribution in [2.24, 2.45) is 0 Å². The monoisotopic (exact) mass is 329 g/mol. The van der Waals surface area contributed by atoms with E-state index < -0.39 is 18.1 Å². The average Bonchev–Trinajstić information content (AvgIpc) is 3.16. The zero-order valence-corrected chi connectivity index (χ0v) is 12.4. The molecule has 22 heavy (non-hydrogen) atoms. The summed E-state index contributed by atoms with van der Waals surface area (Å²) in [5.74, 6) is -0.666. The first kappa shape index (κ1) is 15.1. The summed E-state index contributed by atoms with van der Waals surface area (Å²) < 4.78 is 39.2. The number of hydrogen-bond donors (Lipinski definition) is 1. The van der Waals surface area contributed by atoms with Crippen LogP contribution in [0.25, 0.3) is 10.6 Å². The van der Waals surface area contributed by atoms with Crippen LogP contribution in [0.3, 0.4) is 0 Å². The van der Waals surface area contributed by atoms with Gasteiger partial charge in [0.05, 0.1) is 10.6 Å². The van der Waals surface area contributed by atoms with Crippen molar-refractivity contribution >= 4 is 17.2 Å². The highest BCUT2D eigenvalue weighted by atomic mass is 32.1. The lowest BCUT2D eigenvalue weighted by Gasteiger charge is -2.36. The zero-order valence-electron chi connectivity index (χ0n) is 11.6. The molecule has 1 N–H and O–H groups in total. The molecule has 0 aromatic carbocycles. The van der Waals surface area contributed by atoms with Crippen molar-refractivity contribution in [2.45, 2.75) is 31.5 Å². The number of carbonyl (C=O) groups is 1. The Bertz CT molecular complexity index is 651. The van der Waals surface area contributed by atoms with Gasteiger partial charge in [0.1, 0.15) is 6.04 Å². The fourth-order valence-electron chi connectivity index (χ4n) is 2.65. The molecule has 0 radical (unpaired) electrons. The Labute approximate surface area is 128 Å². The Morgan fingerprint density at radius 3 is 2.91 bits per heavy atom. The standard InChI is InChI=1S/C14H14F3N3OS/c15-14(16,17)12-5-1-2-6-20(12)13(21)10-8-9(18-19-10)11-4-3-7-22-11/h3-4,7-8,12H,1-2,5-6H2,(H,18,19). The van der Waals surface area contributed by atoms with Crippen LogP contribution in [-0.4, -0.2) is 39.8 Å². The van der Waals surface area contributed by atoms with Crippen molar-refractivity contribution in [3.05, 3.63) is 29.3 Å². The number of amides is 1. The first-order valence-electron chi connectivity index (χ1n) is 6.94. The lowest BCUT2D eigenvalue weighted by Crippen LogP contribution is -2.51. The number of likely N-dealkylation sites (tertiary alicyclic amines) is 1. The smallest absolute Gasteiger partial charge is 0.325 e. The number of carbonyl (C=O) groups excluding carboxylic acids is 1. The molecular weight excluding hydrogens is 315 g/mol. The third-order valence-corrected chi connectivity index (χ3v) is 4.63. The molecule has 1 atom stereocenters. The second-order valence-electron chi connectivity index (χ2n) is 5.20. The predicted octanol–water partition coefficient (Wildman–Crippen LogP) is 3.70. The summed E-state index contributed by atoms with van der Waals surface area (Å²) in [6, 6.07) is 3.50. The van der Waals surface area contributed by atoms with Crippen molar-refractivity contribution in [1.82, 2.24) is 15.1 Å². The number of nitrogens with one attached hydrogen (secondary N) is 1. The number of thiophene rings is 1. The topological polar surface area (TPSA) is 49.0 Å². The predicted molar refractivity (Wildman–Crippen MR) is 76.6 cm³/mol. The maximum absolute atomic E-state index is 13.1. The van der Waals surface area contributed by atoms with Crippen LogP contribution in [0.2, 0.25) is 0 Å². The molecule has 0 aliphatic carbocycles. The van der Waals surface area contributed by atoms with Gasteiger partial charge in [0, 0.05) is 6.54 Å². The van der Waals surface area contributed by atoms with E-state index in [1.54, 1.807) is 0 Å². The number of piperidine rings is 1. The van der Waals surface area contributed by atoms with Gasteiger partial charge in [-0.15, -0.1) is 11.3 Å². The molecule has 4 nitrogen and oxygen atoms in total. The zero-order chi connectivity index (χ0) is 15.7. The molecule has 1 unspecified atom stereocenters. The Balaban J connectivity index is 1.83. The molecule has 8 heteroatoms. The van der Waals surface area contributed by atoms with Gasteiger partial charge in [0.2, 0.25) is 0 Å². The van der Waals surface area contributed by atoms with Gasteiger partial charge in [0.25, 0.3) is 5.91 Å². The summed E-state index contributed by atoms with van der Waals surface area (Å²) in [6.45, 7) is 0.115. The number of aromatic nitrogens is 2. The minimum Gasteiger partial charge on any atom is -0.325 e. The number of H-pyrrole nitrogens is 1. The third kappa shape index (κ3) is 2.87. The Morgan fingerprint density at radius 2 is 2.23 bits per heavy atom. The molecule has 0 bridgehead atoms. The van der Waals surface area contributed by atoms with Gasteiger partial charge >= 0.3 is 6.18 Å². The fraction of sp³-hybridized carbons (Fsp3) is 0.429. The van der Waals surface area contributed by atoms with Crippen molar-refractivity contribution in [3.63, 3.8) is 0 Å². The molecule has 0 spiro atoms. The van der Waals surface area contributed by atoms with Gasteiger partial charge in [-0.25, -0.2) is 0 Å². The maximum Gasteiger partial charge on any atom is 0.408 e. The van der Waals surface area contributed by atoms with E-state index in [2.05, 4.69) is 10.2 Å². The number of aromatic amines is 1. The molecule has 1 aliphatic heterocycles. The molecule has 1 amide bonds. The van der Waals surface area contributed by atoms with E-state index in [1.165, 1.54) is 17.4 Å². The van der Waals surface area contributed by atoms with Gasteiger partial charge in [-0.05, 0) is 36.8 Å². The molecule has 2 aromatic rings. The highest BCUT2D eigenvalue weighted by Gasteiger charge is 2.46. The van der Waals surface area contributed by atoms with Gasteiger partial charge in [-0.2, -0.15) is 18.3 Å². The largest absolute Gasteiger partial charge is 0.408 e. The van der Waals surface area contributed by atoms with Crippen LogP contribution < -0.4 is 0 Å². The number of alkyl halides is 3. The summed E-state index contributed by atoms with van der Waals surface area (Å²) in [7, 11) is 0. The quantitative estimate of drug-likeness (QED) is 0.913. The minimum absolute atomic E-state index is 0.0274. The van der Waals surface area contributed by atoms with E-state index in [4.69, 9.17) is 0 Å². The first-order valence-corrected chi connectivity index (χ1v) is 7.82. The van der Waals surface area contributed by atoms with E-state index in [1.807, 2.05) is 17.5 Å². The Morgan fingerprint density at radius 1 is 1.41 bits per heavy atom. The van der Waals surface area contributed by atoms with Crippen LogP contribution >= 0.6 is 11.3 Å². The lowest BCUT2D eigenvalue weighted by molar-refractivity contribution is -0.183. The van der Waals surface area contributed by atoms with Crippen molar-refractivity contribution in [1.29, 1.82) is 0 Å². The Kier molecular flexibility index (Phi) is 3.94. The Hall–Kier alpha value is -1.83. The lowest BCUT2D eigenvalue weighted by atomic mass is 10.0. The highest BCUT2D eigenvalue weighted by molar-refractivity contribution is 7.13. The number of rotatable bonds is 2. The minimum atomic E-state index is -4.40. The van der Waals surface area contributed by atoms with E-state index in [-0.39, 0.29) is 18.7 Å². The van der Waals surface area contributed by atoms with E-state index >= 15 is 0 Å². The van der Waals surface area contributed by atoms with Crippen LogP contribution in [0.4, 0.5) is 13.2 Å².